The monoisotopic (exact) mass is 434 g/mol. The zero-order valence-electron chi connectivity index (χ0n) is 14.1. The van der Waals surface area contributed by atoms with E-state index in [2.05, 4.69) is 69.5 Å². The van der Waals surface area contributed by atoms with E-state index in [4.69, 9.17) is 4.43 Å². The Kier molecular flexibility index (Phi) is 6.73. The maximum Gasteiger partial charge on any atom is 0.258 e. The molecule has 6 heteroatoms. The number of nitrogens with one attached hydrogen (secondary N) is 1. The van der Waals surface area contributed by atoms with Crippen molar-refractivity contribution in [1.82, 2.24) is 0 Å². The summed E-state index contributed by atoms with van der Waals surface area (Å²) in [6, 6.07) is 5.45. The number of anilines is 1. The van der Waals surface area contributed by atoms with E-state index >= 15 is 0 Å². The van der Waals surface area contributed by atoms with E-state index in [9.17, 15) is 9.90 Å². The zero-order valence-corrected chi connectivity index (χ0v) is 17.2. The molecule has 0 spiro atoms. The Bertz CT molecular complexity index is 510. The fourth-order valence-corrected chi connectivity index (χ4v) is 9.19. The Balaban J connectivity index is 3.15. The summed E-state index contributed by atoms with van der Waals surface area (Å²) in [5.41, 5.74) is 2.00. The highest BCUT2D eigenvalue weighted by Gasteiger charge is 2.46. The number of carbonyl (C=O) groups excluding carboxylic acids is 1. The first kappa shape index (κ1) is 19.3. The van der Waals surface area contributed by atoms with Gasteiger partial charge in [-0.3, -0.25) is 0 Å². The molecular weight excluding hydrogens is 409 g/mol. The van der Waals surface area contributed by atoms with E-state index in [1.807, 2.05) is 12.1 Å². The number of benzene rings is 1. The molecule has 0 fully saturated rings. The quantitative estimate of drug-likeness (QED) is 0.526. The van der Waals surface area contributed by atoms with Gasteiger partial charge in [0.05, 0.1) is 5.69 Å². The second-order valence-corrected chi connectivity index (χ2v) is 13.0. The lowest BCUT2D eigenvalue weighted by molar-refractivity contribution is -0.242. The van der Waals surface area contributed by atoms with Gasteiger partial charge in [0, 0.05) is 3.57 Å². The first-order valence-corrected chi connectivity index (χ1v) is 10.8. The van der Waals surface area contributed by atoms with Crippen molar-refractivity contribution >= 4 is 42.7 Å². The summed E-state index contributed by atoms with van der Waals surface area (Å²) >= 11 is 2.10. The second kappa shape index (κ2) is 7.67. The summed E-state index contributed by atoms with van der Waals surface area (Å²) in [6.07, 6.45) is -1.30. The van der Waals surface area contributed by atoms with Gasteiger partial charge in [-0.1, -0.05) is 41.5 Å². The van der Waals surface area contributed by atoms with Crippen LogP contribution >= 0.6 is 22.6 Å². The molecule has 0 saturated heterocycles. The van der Waals surface area contributed by atoms with Gasteiger partial charge >= 0.3 is 0 Å². The highest BCUT2D eigenvalue weighted by Crippen LogP contribution is 2.43. The number of halogens is 1. The molecule has 0 heterocycles. The van der Waals surface area contributed by atoms with Crippen LogP contribution in [0.5, 0.6) is 5.75 Å². The first-order chi connectivity index (χ1) is 10.1. The predicted molar refractivity (Wildman–Crippen MR) is 99.9 cm³/mol. The van der Waals surface area contributed by atoms with Crippen molar-refractivity contribution < 1.29 is 14.3 Å². The van der Waals surface area contributed by atoms with Crippen molar-refractivity contribution in [3.8, 4) is 5.75 Å². The summed E-state index contributed by atoms with van der Waals surface area (Å²) < 4.78 is 7.37. The van der Waals surface area contributed by atoms with Crippen molar-refractivity contribution in [1.29, 1.82) is 0 Å². The number of carbonyl (C=O) groups is 1. The van der Waals surface area contributed by atoms with Crippen molar-refractivity contribution in [2.24, 2.45) is 0 Å². The molecule has 1 amide bonds. The van der Waals surface area contributed by atoms with E-state index in [-0.39, 0.29) is 0 Å². The van der Waals surface area contributed by atoms with Crippen LogP contribution in [0.2, 0.25) is 16.6 Å². The molecule has 0 aliphatic carbocycles. The van der Waals surface area contributed by atoms with Gasteiger partial charge in [0.15, 0.2) is 0 Å². The van der Waals surface area contributed by atoms with E-state index in [1.165, 1.54) is 0 Å². The molecule has 1 aromatic carbocycles. The minimum atomic E-state index is -1.99. The molecule has 0 aliphatic rings. The van der Waals surface area contributed by atoms with Gasteiger partial charge in [0.25, 0.3) is 8.32 Å². The Morgan fingerprint density at radius 2 is 1.64 bits per heavy atom. The molecule has 22 heavy (non-hydrogen) atoms. The number of hydrogen-bond donors (Lipinski definition) is 1. The third-order valence-corrected chi connectivity index (χ3v) is 11.1. The summed E-state index contributed by atoms with van der Waals surface area (Å²) in [5.74, 6) is 0.816. The highest BCUT2D eigenvalue weighted by molar-refractivity contribution is 14.1. The summed E-state index contributed by atoms with van der Waals surface area (Å²) in [7, 11) is -1.99. The van der Waals surface area contributed by atoms with Crippen LogP contribution in [0.25, 0.3) is 0 Å². The molecule has 0 aromatic heterocycles. The Morgan fingerprint density at radius 3 is 2.00 bits per heavy atom. The SMILES string of the molecule is CC(C)[Si](Oc1ccc(NC(=O)[O-])c(I)c1)(C(C)C)C(C)C. The third kappa shape index (κ3) is 4.16. The third-order valence-electron chi connectivity index (χ3n) is 4.18. The average Bonchev–Trinajstić information content (AvgIpc) is 2.37. The molecule has 0 saturated carbocycles. The molecule has 0 unspecified atom stereocenters. The largest absolute Gasteiger partial charge is 0.543 e. The van der Waals surface area contributed by atoms with E-state index in [1.54, 1.807) is 6.07 Å². The van der Waals surface area contributed by atoms with Gasteiger partial charge in [-0.2, -0.15) is 0 Å². The fraction of sp³-hybridized carbons (Fsp3) is 0.562. The van der Waals surface area contributed by atoms with E-state index in [0.717, 1.165) is 9.32 Å². The Morgan fingerprint density at radius 1 is 1.14 bits per heavy atom. The lowest BCUT2D eigenvalue weighted by Crippen LogP contribution is -2.50. The molecule has 4 nitrogen and oxygen atoms in total. The van der Waals surface area contributed by atoms with Crippen molar-refractivity contribution in [2.75, 3.05) is 5.32 Å². The van der Waals surface area contributed by atoms with Crippen LogP contribution in [0, 0.1) is 3.57 Å². The van der Waals surface area contributed by atoms with Gasteiger partial charge in [0.1, 0.15) is 11.8 Å². The topological polar surface area (TPSA) is 61.4 Å². The maximum atomic E-state index is 10.7. The normalized spacial score (nSPS) is 12.1. The van der Waals surface area contributed by atoms with Crippen LogP contribution in [0.15, 0.2) is 18.2 Å². The standard InChI is InChI=1S/C16H26INO3Si/c1-10(2)22(11(3)4,12(5)6)21-13-7-8-15(14(17)9-13)18-16(19)20/h7-12,18H,1-6H3,(H,19,20)/p-1. The molecule has 124 valence electrons. The Hall–Kier alpha value is -0.763. The average molecular weight is 434 g/mol. The summed E-state index contributed by atoms with van der Waals surface area (Å²) in [6.45, 7) is 13.4. The zero-order chi connectivity index (χ0) is 17.1. The first-order valence-electron chi connectivity index (χ1n) is 7.57. The number of hydrogen-bond acceptors (Lipinski definition) is 3. The van der Waals surface area contributed by atoms with Crippen molar-refractivity contribution in [2.45, 2.75) is 58.2 Å². The summed E-state index contributed by atoms with van der Waals surface area (Å²) in [5, 5.41) is 12.9. The maximum absolute atomic E-state index is 10.7. The van der Waals surface area contributed by atoms with Gasteiger partial charge in [0.2, 0.25) is 0 Å². The van der Waals surface area contributed by atoms with Gasteiger partial charge in [-0.05, 0) is 57.4 Å². The summed E-state index contributed by atoms with van der Waals surface area (Å²) in [4.78, 5) is 10.7. The van der Waals surface area contributed by atoms with Crippen LogP contribution in [-0.2, 0) is 0 Å². The molecule has 0 radical (unpaired) electrons. The molecule has 1 rings (SSSR count). The van der Waals surface area contributed by atoms with Crippen LogP contribution < -0.4 is 14.8 Å². The van der Waals surface area contributed by atoms with Crippen molar-refractivity contribution in [3.05, 3.63) is 21.8 Å². The van der Waals surface area contributed by atoms with Crippen LogP contribution in [0.3, 0.4) is 0 Å². The molecule has 1 N–H and O–H groups in total. The minimum Gasteiger partial charge on any atom is -0.543 e. The lowest BCUT2D eigenvalue weighted by atomic mass is 10.3. The minimum absolute atomic E-state index is 0.492. The molecular formula is C16H25INO3Si-. The lowest BCUT2D eigenvalue weighted by Gasteiger charge is -2.42. The van der Waals surface area contributed by atoms with Crippen molar-refractivity contribution in [3.63, 3.8) is 0 Å². The number of carboxylic acid groups (broad SMARTS) is 1. The molecule has 0 atom stereocenters. The van der Waals surface area contributed by atoms with Crippen LogP contribution in [0.1, 0.15) is 41.5 Å². The second-order valence-electron chi connectivity index (χ2n) is 6.47. The van der Waals surface area contributed by atoms with Gasteiger partial charge < -0.3 is 19.6 Å². The van der Waals surface area contributed by atoms with Gasteiger partial charge in [-0.15, -0.1) is 0 Å². The predicted octanol–water partition coefficient (Wildman–Crippen LogP) is 4.60. The number of rotatable bonds is 6. The molecule has 0 bridgehead atoms. The fourth-order valence-electron chi connectivity index (χ4n) is 3.33. The van der Waals surface area contributed by atoms with Crippen LogP contribution in [-0.4, -0.2) is 14.4 Å². The smallest absolute Gasteiger partial charge is 0.258 e. The Labute approximate surface area is 147 Å². The molecule has 0 aliphatic heterocycles. The highest BCUT2D eigenvalue weighted by atomic mass is 127. The van der Waals surface area contributed by atoms with Crippen LogP contribution in [0.4, 0.5) is 10.5 Å². The van der Waals surface area contributed by atoms with E-state index in [0.29, 0.717) is 22.3 Å². The van der Waals surface area contributed by atoms with Gasteiger partial charge in [-0.25, -0.2) is 0 Å². The molecule has 1 aromatic rings. The number of amides is 1. The van der Waals surface area contributed by atoms with E-state index < -0.39 is 14.4 Å².